The zero-order valence-electron chi connectivity index (χ0n) is 9.27. The molecule has 17 heavy (non-hydrogen) atoms. The van der Waals surface area contributed by atoms with Gasteiger partial charge in [0.15, 0.2) is 0 Å². The number of hydrogen-bond acceptors (Lipinski definition) is 2. The summed E-state index contributed by atoms with van der Waals surface area (Å²) in [5, 5.41) is 15.3. The molecule has 0 radical (unpaired) electrons. The Kier molecular flexibility index (Phi) is 3.72. The number of rotatable bonds is 3. The molecular formula is C12H12Cl2N2O. The van der Waals surface area contributed by atoms with Crippen LogP contribution in [0, 0.1) is 0 Å². The summed E-state index contributed by atoms with van der Waals surface area (Å²) in [4.78, 5) is 0. The fraction of sp³-hybridized carbons (Fsp3) is 0.250. The van der Waals surface area contributed by atoms with Gasteiger partial charge in [0.25, 0.3) is 0 Å². The number of aliphatic hydroxyl groups is 1. The Hall–Kier alpha value is -1.03. The Bertz CT molecular complexity index is 525. The molecule has 1 atom stereocenters. The number of benzene rings is 1. The molecule has 0 saturated heterocycles. The van der Waals surface area contributed by atoms with Crippen molar-refractivity contribution in [2.75, 3.05) is 0 Å². The molecule has 1 aromatic carbocycles. The molecule has 0 bridgehead atoms. The van der Waals surface area contributed by atoms with E-state index in [4.69, 9.17) is 23.2 Å². The van der Waals surface area contributed by atoms with Crippen molar-refractivity contribution in [1.29, 1.82) is 0 Å². The molecule has 2 rings (SSSR count). The van der Waals surface area contributed by atoms with Gasteiger partial charge >= 0.3 is 0 Å². The maximum absolute atomic E-state index is 10.0. The Balaban J connectivity index is 2.15. The highest BCUT2D eigenvalue weighted by Crippen LogP contribution is 2.25. The molecule has 0 aliphatic carbocycles. The van der Waals surface area contributed by atoms with Gasteiger partial charge in [-0.2, -0.15) is 5.10 Å². The van der Waals surface area contributed by atoms with Crippen LogP contribution in [-0.2, 0) is 13.5 Å². The number of aromatic nitrogens is 2. The van der Waals surface area contributed by atoms with E-state index < -0.39 is 6.10 Å². The van der Waals surface area contributed by atoms with E-state index in [0.717, 1.165) is 5.56 Å². The molecule has 5 heteroatoms. The van der Waals surface area contributed by atoms with Gasteiger partial charge in [-0.05, 0) is 23.8 Å². The van der Waals surface area contributed by atoms with Gasteiger partial charge in [0.1, 0.15) is 6.10 Å². The second-order valence-electron chi connectivity index (χ2n) is 3.87. The van der Waals surface area contributed by atoms with Gasteiger partial charge in [0.2, 0.25) is 0 Å². The predicted molar refractivity (Wildman–Crippen MR) is 68.3 cm³/mol. The quantitative estimate of drug-likeness (QED) is 0.931. The third-order valence-electron chi connectivity index (χ3n) is 2.50. The molecule has 1 heterocycles. The van der Waals surface area contributed by atoms with E-state index in [2.05, 4.69) is 5.10 Å². The summed E-state index contributed by atoms with van der Waals surface area (Å²) < 4.78 is 1.65. The van der Waals surface area contributed by atoms with E-state index >= 15 is 0 Å². The first-order valence-electron chi connectivity index (χ1n) is 5.18. The predicted octanol–water partition coefficient (Wildman–Crippen LogP) is 3.00. The molecule has 0 saturated carbocycles. The van der Waals surface area contributed by atoms with Crippen LogP contribution in [0.25, 0.3) is 0 Å². The van der Waals surface area contributed by atoms with Crippen molar-refractivity contribution in [3.63, 3.8) is 0 Å². The van der Waals surface area contributed by atoms with Gasteiger partial charge in [-0.1, -0.05) is 29.3 Å². The van der Waals surface area contributed by atoms with E-state index in [-0.39, 0.29) is 0 Å². The van der Waals surface area contributed by atoms with Gasteiger partial charge in [0.05, 0.1) is 5.69 Å². The maximum Gasteiger partial charge on any atom is 0.102 e. The van der Waals surface area contributed by atoms with E-state index in [1.807, 2.05) is 13.1 Å². The van der Waals surface area contributed by atoms with Gasteiger partial charge in [0, 0.05) is 29.7 Å². The molecule has 2 aromatic rings. The third kappa shape index (κ3) is 3.00. The first-order chi connectivity index (χ1) is 8.06. The lowest BCUT2D eigenvalue weighted by atomic mass is 10.1. The van der Waals surface area contributed by atoms with Crippen LogP contribution in [0.4, 0.5) is 0 Å². The van der Waals surface area contributed by atoms with Crippen LogP contribution in [0.5, 0.6) is 0 Å². The summed E-state index contributed by atoms with van der Waals surface area (Å²) in [5.74, 6) is 0. The highest BCUT2D eigenvalue weighted by Gasteiger charge is 2.13. The number of hydrogen-bond donors (Lipinski definition) is 1. The second kappa shape index (κ2) is 5.08. The summed E-state index contributed by atoms with van der Waals surface area (Å²) in [6.07, 6.45) is 1.56. The van der Waals surface area contributed by atoms with E-state index in [9.17, 15) is 5.11 Å². The molecular weight excluding hydrogens is 259 g/mol. The molecule has 0 fully saturated rings. The van der Waals surface area contributed by atoms with E-state index in [1.54, 1.807) is 29.1 Å². The van der Waals surface area contributed by atoms with Crippen LogP contribution >= 0.6 is 23.2 Å². The number of halogens is 2. The summed E-state index contributed by atoms with van der Waals surface area (Å²) in [7, 11) is 1.81. The highest BCUT2D eigenvalue weighted by atomic mass is 35.5. The van der Waals surface area contributed by atoms with Crippen LogP contribution in [-0.4, -0.2) is 14.9 Å². The second-order valence-corrected chi connectivity index (χ2v) is 4.71. The third-order valence-corrected chi connectivity index (χ3v) is 3.09. The SMILES string of the molecule is Cn1ccc(C(O)Cc2ccc(Cl)cc2Cl)n1. The van der Waals surface area contributed by atoms with Crippen LogP contribution in [0.1, 0.15) is 17.4 Å². The molecule has 0 spiro atoms. The summed E-state index contributed by atoms with van der Waals surface area (Å²) in [6.45, 7) is 0. The van der Waals surface area contributed by atoms with Crippen LogP contribution in [0.2, 0.25) is 10.0 Å². The average Bonchev–Trinajstić information content (AvgIpc) is 2.69. The van der Waals surface area contributed by atoms with Gasteiger partial charge in [-0.3, -0.25) is 4.68 Å². The molecule has 0 aliphatic rings. The summed E-state index contributed by atoms with van der Waals surface area (Å²) in [5.41, 5.74) is 1.49. The van der Waals surface area contributed by atoms with Gasteiger partial charge in [-0.15, -0.1) is 0 Å². The fourth-order valence-corrected chi connectivity index (χ4v) is 2.10. The van der Waals surface area contributed by atoms with Crippen LogP contribution in [0.3, 0.4) is 0 Å². The smallest absolute Gasteiger partial charge is 0.102 e. The van der Waals surface area contributed by atoms with Crippen molar-refractivity contribution in [1.82, 2.24) is 9.78 Å². The molecule has 1 aromatic heterocycles. The maximum atomic E-state index is 10.0. The molecule has 1 unspecified atom stereocenters. The summed E-state index contributed by atoms with van der Waals surface area (Å²) in [6, 6.07) is 7.03. The molecule has 0 aliphatic heterocycles. The first-order valence-corrected chi connectivity index (χ1v) is 5.93. The zero-order chi connectivity index (χ0) is 12.4. The minimum Gasteiger partial charge on any atom is -0.386 e. The average molecular weight is 271 g/mol. The van der Waals surface area contributed by atoms with Gasteiger partial charge < -0.3 is 5.11 Å². The minimum absolute atomic E-state index is 0.424. The Morgan fingerprint density at radius 3 is 2.71 bits per heavy atom. The molecule has 1 N–H and O–H groups in total. The van der Waals surface area contributed by atoms with Crippen LogP contribution in [0.15, 0.2) is 30.5 Å². The topological polar surface area (TPSA) is 38.0 Å². The lowest BCUT2D eigenvalue weighted by Gasteiger charge is -2.09. The normalized spacial score (nSPS) is 12.7. The monoisotopic (exact) mass is 270 g/mol. The number of aryl methyl sites for hydroxylation is 1. The van der Waals surface area contributed by atoms with Gasteiger partial charge in [-0.25, -0.2) is 0 Å². The lowest BCUT2D eigenvalue weighted by Crippen LogP contribution is -2.04. The minimum atomic E-state index is -0.658. The van der Waals surface area contributed by atoms with Crippen molar-refractivity contribution < 1.29 is 5.11 Å². The summed E-state index contributed by atoms with van der Waals surface area (Å²) >= 11 is 11.9. The van der Waals surface area contributed by atoms with Crippen molar-refractivity contribution in [3.8, 4) is 0 Å². The molecule has 90 valence electrons. The zero-order valence-corrected chi connectivity index (χ0v) is 10.8. The van der Waals surface area contributed by atoms with Crippen molar-refractivity contribution in [2.45, 2.75) is 12.5 Å². The first kappa shape index (κ1) is 12.4. The van der Waals surface area contributed by atoms with Crippen molar-refractivity contribution in [3.05, 3.63) is 51.8 Å². The van der Waals surface area contributed by atoms with Crippen molar-refractivity contribution >= 4 is 23.2 Å². The Morgan fingerprint density at radius 2 is 2.12 bits per heavy atom. The number of aliphatic hydroxyl groups excluding tert-OH is 1. The molecule has 3 nitrogen and oxygen atoms in total. The standard InChI is InChI=1S/C12H12Cl2N2O/c1-16-5-4-11(15-16)12(17)6-8-2-3-9(13)7-10(8)14/h2-5,7,12,17H,6H2,1H3. The van der Waals surface area contributed by atoms with E-state index in [1.165, 1.54) is 0 Å². The Morgan fingerprint density at radius 1 is 1.35 bits per heavy atom. The lowest BCUT2D eigenvalue weighted by molar-refractivity contribution is 0.173. The fourth-order valence-electron chi connectivity index (χ4n) is 1.61. The van der Waals surface area contributed by atoms with E-state index in [0.29, 0.717) is 22.2 Å². The largest absolute Gasteiger partial charge is 0.386 e. The van der Waals surface area contributed by atoms with Crippen molar-refractivity contribution in [2.24, 2.45) is 7.05 Å². The highest BCUT2D eigenvalue weighted by molar-refractivity contribution is 6.35. The molecule has 0 amide bonds. The number of nitrogens with zero attached hydrogens (tertiary/aromatic N) is 2. The Labute approximate surface area is 110 Å². The van der Waals surface area contributed by atoms with Crippen LogP contribution < -0.4 is 0 Å².